The van der Waals surface area contributed by atoms with Gasteiger partial charge in [0.1, 0.15) is 9.84 Å². The first kappa shape index (κ1) is 23.4. The molecule has 0 fully saturated rings. The molecule has 0 aliphatic heterocycles. The maximum absolute atomic E-state index is 11.0. The highest BCUT2D eigenvalue weighted by atomic mass is 127. The number of guanidine groups is 1. The predicted molar refractivity (Wildman–Crippen MR) is 110 cm³/mol. The smallest absolute Gasteiger partial charge is 0.193 e. The number of benzene rings is 1. The third kappa shape index (κ3) is 10.3. The summed E-state index contributed by atoms with van der Waals surface area (Å²) >= 11 is 5.88. The van der Waals surface area contributed by atoms with Gasteiger partial charge in [0.15, 0.2) is 5.96 Å². The van der Waals surface area contributed by atoms with Gasteiger partial charge in [-0.05, 0) is 17.7 Å². The first-order valence-electron chi connectivity index (χ1n) is 7.23. The first-order valence-corrected chi connectivity index (χ1v) is 9.67. The van der Waals surface area contributed by atoms with Crippen LogP contribution in [0.25, 0.3) is 0 Å². The van der Waals surface area contributed by atoms with E-state index in [9.17, 15) is 8.42 Å². The molecule has 0 unspecified atom stereocenters. The molecule has 24 heavy (non-hydrogen) atoms. The van der Waals surface area contributed by atoms with E-state index in [0.717, 1.165) is 11.5 Å². The van der Waals surface area contributed by atoms with Gasteiger partial charge in [-0.1, -0.05) is 23.7 Å². The van der Waals surface area contributed by atoms with Crippen molar-refractivity contribution in [3.8, 4) is 0 Å². The number of nitrogens with zero attached hydrogens (tertiary/aromatic N) is 2. The van der Waals surface area contributed by atoms with Crippen LogP contribution in [-0.2, 0) is 21.1 Å². The zero-order valence-electron chi connectivity index (χ0n) is 14.2. The fraction of sp³-hybridized carbons (Fsp3) is 0.533. The Kier molecular flexibility index (Phi) is 11.6. The van der Waals surface area contributed by atoms with Gasteiger partial charge in [0.2, 0.25) is 0 Å². The van der Waals surface area contributed by atoms with Crippen molar-refractivity contribution in [1.29, 1.82) is 0 Å². The van der Waals surface area contributed by atoms with E-state index in [-0.39, 0.29) is 36.3 Å². The molecule has 1 aromatic carbocycles. The normalized spacial score (nSPS) is 11.8. The Labute approximate surface area is 166 Å². The minimum Gasteiger partial charge on any atom is -0.379 e. The zero-order valence-corrected chi connectivity index (χ0v) is 18.1. The summed E-state index contributed by atoms with van der Waals surface area (Å²) in [6.45, 7) is 1.89. The Balaban J connectivity index is 0.00000529. The molecular weight excluding hydrogens is 465 g/mol. The highest BCUT2D eigenvalue weighted by Gasteiger charge is 2.06. The van der Waals surface area contributed by atoms with Crippen molar-refractivity contribution in [3.05, 3.63) is 34.9 Å². The van der Waals surface area contributed by atoms with Crippen LogP contribution in [0.5, 0.6) is 0 Å². The van der Waals surface area contributed by atoms with E-state index in [1.54, 1.807) is 7.05 Å². The Morgan fingerprint density at radius 2 is 1.92 bits per heavy atom. The van der Waals surface area contributed by atoms with Gasteiger partial charge in [0, 0.05) is 38.5 Å². The number of halogens is 2. The Morgan fingerprint density at radius 3 is 2.46 bits per heavy atom. The summed E-state index contributed by atoms with van der Waals surface area (Å²) in [7, 11) is 0.682. The number of hydrogen-bond donors (Lipinski definition) is 1. The molecule has 0 spiro atoms. The topological polar surface area (TPSA) is 71.0 Å². The summed E-state index contributed by atoms with van der Waals surface area (Å²) in [5, 5.41) is 3.89. The molecule has 0 atom stereocenters. The predicted octanol–water partition coefficient (Wildman–Crippen LogP) is 2.03. The molecule has 0 heterocycles. The number of nitrogens with one attached hydrogen (secondary N) is 1. The van der Waals surface area contributed by atoms with Crippen molar-refractivity contribution in [2.24, 2.45) is 4.99 Å². The SMILES string of the molecule is CN=C(NCCOCCS(C)(=O)=O)N(C)Cc1ccc(Cl)cc1.I. The Hall–Kier alpha value is -0.580. The fourth-order valence-corrected chi connectivity index (χ4v) is 2.42. The molecule has 6 nitrogen and oxygen atoms in total. The van der Waals surface area contributed by atoms with Gasteiger partial charge in [0.05, 0.1) is 19.0 Å². The largest absolute Gasteiger partial charge is 0.379 e. The van der Waals surface area contributed by atoms with Gasteiger partial charge < -0.3 is 15.0 Å². The summed E-state index contributed by atoms with van der Waals surface area (Å²) in [6, 6.07) is 7.66. The van der Waals surface area contributed by atoms with Crippen LogP contribution in [0.4, 0.5) is 0 Å². The molecule has 1 rings (SSSR count). The molecular formula is C15H25ClIN3O3S. The van der Waals surface area contributed by atoms with Crippen LogP contribution in [-0.4, -0.2) is 65.1 Å². The van der Waals surface area contributed by atoms with Crippen molar-refractivity contribution in [2.45, 2.75) is 6.54 Å². The number of rotatable bonds is 8. The third-order valence-corrected chi connectivity index (χ3v) is 4.19. The van der Waals surface area contributed by atoms with Gasteiger partial charge in [0.25, 0.3) is 0 Å². The summed E-state index contributed by atoms with van der Waals surface area (Å²) in [4.78, 5) is 6.20. The zero-order chi connectivity index (χ0) is 17.3. The summed E-state index contributed by atoms with van der Waals surface area (Å²) in [5.74, 6) is 0.782. The molecule has 0 radical (unpaired) electrons. The first-order chi connectivity index (χ1) is 10.8. The Morgan fingerprint density at radius 1 is 1.29 bits per heavy atom. The van der Waals surface area contributed by atoms with Crippen molar-refractivity contribution in [3.63, 3.8) is 0 Å². The summed E-state index contributed by atoms with van der Waals surface area (Å²) < 4.78 is 27.2. The van der Waals surface area contributed by atoms with Gasteiger partial charge in [-0.2, -0.15) is 0 Å². The van der Waals surface area contributed by atoms with Crippen LogP contribution >= 0.6 is 35.6 Å². The van der Waals surface area contributed by atoms with Gasteiger partial charge in [-0.25, -0.2) is 8.42 Å². The van der Waals surface area contributed by atoms with Crippen molar-refractivity contribution in [1.82, 2.24) is 10.2 Å². The maximum atomic E-state index is 11.0. The maximum Gasteiger partial charge on any atom is 0.193 e. The van der Waals surface area contributed by atoms with Crippen LogP contribution < -0.4 is 5.32 Å². The lowest BCUT2D eigenvalue weighted by molar-refractivity contribution is 0.153. The molecule has 0 aromatic heterocycles. The highest BCUT2D eigenvalue weighted by Crippen LogP contribution is 2.10. The average Bonchev–Trinajstić information content (AvgIpc) is 2.47. The fourth-order valence-electron chi connectivity index (χ4n) is 1.87. The lowest BCUT2D eigenvalue weighted by Crippen LogP contribution is -2.40. The number of ether oxygens (including phenoxy) is 1. The molecule has 0 saturated heterocycles. The van der Waals surface area contributed by atoms with E-state index in [4.69, 9.17) is 16.3 Å². The second kappa shape index (κ2) is 11.9. The van der Waals surface area contributed by atoms with Crippen LogP contribution in [0.2, 0.25) is 5.02 Å². The van der Waals surface area contributed by atoms with E-state index < -0.39 is 9.84 Å². The monoisotopic (exact) mass is 489 g/mol. The lowest BCUT2D eigenvalue weighted by atomic mass is 10.2. The molecule has 0 amide bonds. The summed E-state index contributed by atoms with van der Waals surface area (Å²) in [6.07, 6.45) is 1.20. The Bertz CT molecular complexity index is 609. The average molecular weight is 490 g/mol. The van der Waals surface area contributed by atoms with Gasteiger partial charge >= 0.3 is 0 Å². The van der Waals surface area contributed by atoms with E-state index in [0.29, 0.717) is 24.7 Å². The molecule has 0 bridgehead atoms. The van der Waals surface area contributed by atoms with Crippen LogP contribution in [0.15, 0.2) is 29.3 Å². The quantitative estimate of drug-likeness (QED) is 0.262. The molecule has 0 aliphatic rings. The standard InChI is InChI=1S/C15H24ClN3O3S.HI/c1-17-15(18-8-9-22-10-11-23(3,20)21)19(2)12-13-4-6-14(16)7-5-13;/h4-7H,8-12H2,1-3H3,(H,17,18);1H. The molecule has 1 aromatic rings. The van der Waals surface area contributed by atoms with E-state index >= 15 is 0 Å². The van der Waals surface area contributed by atoms with E-state index in [2.05, 4.69) is 10.3 Å². The molecule has 9 heteroatoms. The van der Waals surface area contributed by atoms with Crippen molar-refractivity contribution in [2.75, 3.05) is 45.9 Å². The minimum atomic E-state index is -2.97. The van der Waals surface area contributed by atoms with Crippen LogP contribution in [0, 0.1) is 0 Å². The highest BCUT2D eigenvalue weighted by molar-refractivity contribution is 14.0. The summed E-state index contributed by atoms with van der Waals surface area (Å²) in [5.41, 5.74) is 1.13. The minimum absolute atomic E-state index is 0. The van der Waals surface area contributed by atoms with Gasteiger partial charge in [-0.3, -0.25) is 4.99 Å². The number of aliphatic imine (C=N–C) groups is 1. The van der Waals surface area contributed by atoms with Crippen LogP contribution in [0.3, 0.4) is 0 Å². The van der Waals surface area contributed by atoms with E-state index in [1.165, 1.54) is 6.26 Å². The van der Waals surface area contributed by atoms with Crippen LogP contribution in [0.1, 0.15) is 5.56 Å². The third-order valence-electron chi connectivity index (χ3n) is 3.03. The molecule has 1 N–H and O–H groups in total. The molecule has 138 valence electrons. The van der Waals surface area contributed by atoms with E-state index in [1.807, 2.05) is 36.2 Å². The second-order valence-corrected chi connectivity index (χ2v) is 7.89. The van der Waals surface area contributed by atoms with Crippen molar-refractivity contribution < 1.29 is 13.2 Å². The van der Waals surface area contributed by atoms with Gasteiger partial charge in [-0.15, -0.1) is 24.0 Å². The van der Waals surface area contributed by atoms with Crippen molar-refractivity contribution >= 4 is 51.4 Å². The molecule has 0 saturated carbocycles. The lowest BCUT2D eigenvalue weighted by Gasteiger charge is -2.22. The number of hydrogen-bond acceptors (Lipinski definition) is 4. The molecule has 0 aliphatic carbocycles. The number of sulfone groups is 1. The second-order valence-electron chi connectivity index (χ2n) is 5.20.